The molecule has 1 aromatic carbocycles. The molecule has 1 amide bonds. The van der Waals surface area contributed by atoms with Gasteiger partial charge in [0.15, 0.2) is 11.5 Å². The lowest BCUT2D eigenvalue weighted by Gasteiger charge is -2.26. The Labute approximate surface area is 138 Å². The maximum atomic E-state index is 12.7. The number of aliphatic hydroxyl groups excluding tert-OH is 1. The lowest BCUT2D eigenvalue weighted by Crippen LogP contribution is -2.31. The van der Waals surface area contributed by atoms with Crippen LogP contribution in [0, 0.1) is 0 Å². The van der Waals surface area contributed by atoms with E-state index in [-0.39, 0.29) is 17.1 Å². The van der Waals surface area contributed by atoms with Crippen LogP contribution in [-0.2, 0) is 4.79 Å². The minimum absolute atomic E-state index is 0.0209. The first kappa shape index (κ1) is 15.9. The fraction of sp³-hybridized carbons (Fsp3) is 0.222. The van der Waals surface area contributed by atoms with Crippen molar-refractivity contribution in [2.75, 3.05) is 6.54 Å². The highest BCUT2D eigenvalue weighted by molar-refractivity contribution is 6.15. The monoisotopic (exact) mass is 327 g/mol. The number of amides is 1. The van der Waals surface area contributed by atoms with Crippen LogP contribution in [0.2, 0.25) is 0 Å². The highest BCUT2D eigenvalue weighted by Crippen LogP contribution is 2.39. The van der Waals surface area contributed by atoms with Crippen LogP contribution in [0.5, 0.6) is 5.75 Å². The van der Waals surface area contributed by atoms with Gasteiger partial charge >= 0.3 is 0 Å². The molecule has 6 heteroatoms. The van der Waals surface area contributed by atoms with Gasteiger partial charge in [0.2, 0.25) is 5.78 Å². The van der Waals surface area contributed by atoms with Gasteiger partial charge in [-0.3, -0.25) is 9.59 Å². The van der Waals surface area contributed by atoms with Gasteiger partial charge in [0.05, 0.1) is 17.9 Å². The van der Waals surface area contributed by atoms with Gasteiger partial charge in [0.1, 0.15) is 5.75 Å². The van der Waals surface area contributed by atoms with E-state index >= 15 is 0 Å². The predicted molar refractivity (Wildman–Crippen MR) is 85.5 cm³/mol. The summed E-state index contributed by atoms with van der Waals surface area (Å²) in [4.78, 5) is 26.6. The average molecular weight is 327 g/mol. The van der Waals surface area contributed by atoms with Crippen molar-refractivity contribution in [3.05, 3.63) is 65.3 Å². The van der Waals surface area contributed by atoms with Crippen molar-refractivity contribution in [3.63, 3.8) is 0 Å². The molecule has 0 aliphatic carbocycles. The molecule has 24 heavy (non-hydrogen) atoms. The van der Waals surface area contributed by atoms with Gasteiger partial charge in [-0.1, -0.05) is 19.1 Å². The first-order valence-corrected chi connectivity index (χ1v) is 7.65. The van der Waals surface area contributed by atoms with E-state index in [9.17, 15) is 19.8 Å². The van der Waals surface area contributed by atoms with Crippen LogP contribution in [0.4, 0.5) is 0 Å². The Bertz CT molecular complexity index is 807. The molecule has 0 saturated heterocycles. The molecule has 1 atom stereocenters. The molecule has 1 aliphatic rings. The quantitative estimate of drug-likeness (QED) is 0.824. The number of Topliss-reactive ketones (excluding diaryl/α,β-unsaturated/α-hetero) is 1. The van der Waals surface area contributed by atoms with Crippen molar-refractivity contribution in [1.29, 1.82) is 0 Å². The number of hydrogen-bond donors (Lipinski definition) is 2. The number of phenolic OH excluding ortho intramolecular Hbond substituents is 1. The third-order valence-corrected chi connectivity index (χ3v) is 3.94. The van der Waals surface area contributed by atoms with Crippen LogP contribution in [0.1, 0.15) is 35.5 Å². The highest BCUT2D eigenvalue weighted by Gasteiger charge is 2.44. The number of nitrogens with zero attached hydrogens (tertiary/aromatic N) is 1. The molecule has 1 aliphatic heterocycles. The second kappa shape index (κ2) is 6.23. The minimum Gasteiger partial charge on any atom is -0.508 e. The van der Waals surface area contributed by atoms with Crippen LogP contribution < -0.4 is 0 Å². The fourth-order valence-electron chi connectivity index (χ4n) is 2.94. The van der Waals surface area contributed by atoms with Gasteiger partial charge in [-0.15, -0.1) is 0 Å². The number of carbonyl (C=O) groups is 2. The van der Waals surface area contributed by atoms with E-state index in [4.69, 9.17) is 4.42 Å². The van der Waals surface area contributed by atoms with Crippen molar-refractivity contribution in [3.8, 4) is 5.75 Å². The van der Waals surface area contributed by atoms with Crippen molar-refractivity contribution >= 4 is 11.7 Å². The predicted octanol–water partition coefficient (Wildman–Crippen LogP) is 2.97. The second-order valence-electron chi connectivity index (χ2n) is 5.56. The summed E-state index contributed by atoms with van der Waals surface area (Å²) in [6.45, 7) is 2.27. The number of carbonyl (C=O) groups excluding carboxylic acids is 2. The molecule has 6 nitrogen and oxygen atoms in total. The van der Waals surface area contributed by atoms with E-state index in [2.05, 4.69) is 0 Å². The Morgan fingerprint density at radius 3 is 2.67 bits per heavy atom. The van der Waals surface area contributed by atoms with E-state index in [1.807, 2.05) is 6.92 Å². The van der Waals surface area contributed by atoms with E-state index in [0.717, 1.165) is 0 Å². The molecule has 1 aromatic heterocycles. The maximum absolute atomic E-state index is 12.7. The number of hydrogen-bond acceptors (Lipinski definition) is 5. The van der Waals surface area contributed by atoms with Gasteiger partial charge in [-0.05, 0) is 36.2 Å². The summed E-state index contributed by atoms with van der Waals surface area (Å²) in [5.41, 5.74) is 0.518. The third kappa shape index (κ3) is 2.56. The molecule has 0 saturated carbocycles. The first-order chi connectivity index (χ1) is 11.5. The second-order valence-corrected chi connectivity index (χ2v) is 5.56. The zero-order chi connectivity index (χ0) is 17.3. The summed E-state index contributed by atoms with van der Waals surface area (Å²) in [7, 11) is 0. The molecule has 0 spiro atoms. The number of phenols is 1. The number of ketones is 1. The van der Waals surface area contributed by atoms with E-state index in [1.165, 1.54) is 29.4 Å². The summed E-state index contributed by atoms with van der Waals surface area (Å²) in [5, 5.41) is 20.0. The molecular formula is C18H17NO5. The van der Waals surface area contributed by atoms with Crippen LogP contribution in [0.15, 0.2) is 58.4 Å². The molecule has 2 N–H and O–H groups in total. The van der Waals surface area contributed by atoms with Crippen LogP contribution >= 0.6 is 0 Å². The van der Waals surface area contributed by atoms with Crippen molar-refractivity contribution in [2.45, 2.75) is 19.4 Å². The van der Waals surface area contributed by atoms with E-state index in [0.29, 0.717) is 18.5 Å². The zero-order valence-corrected chi connectivity index (χ0v) is 13.1. The molecule has 0 radical (unpaired) electrons. The topological polar surface area (TPSA) is 91.0 Å². The number of aliphatic hydroxyl groups is 1. The molecule has 2 heterocycles. The Kier molecular flexibility index (Phi) is 4.12. The van der Waals surface area contributed by atoms with Crippen molar-refractivity contribution < 1.29 is 24.2 Å². The maximum Gasteiger partial charge on any atom is 0.290 e. The van der Waals surface area contributed by atoms with Crippen LogP contribution in [0.25, 0.3) is 0 Å². The summed E-state index contributed by atoms with van der Waals surface area (Å²) in [6.07, 6.45) is 2.02. The van der Waals surface area contributed by atoms with Crippen LogP contribution in [-0.4, -0.2) is 33.3 Å². The summed E-state index contributed by atoms with van der Waals surface area (Å²) in [6, 6.07) is 8.60. The van der Waals surface area contributed by atoms with Gasteiger partial charge < -0.3 is 19.5 Å². The zero-order valence-electron chi connectivity index (χ0n) is 13.1. The Morgan fingerprint density at radius 1 is 1.25 bits per heavy atom. The van der Waals surface area contributed by atoms with Crippen LogP contribution in [0.3, 0.4) is 0 Å². The summed E-state index contributed by atoms with van der Waals surface area (Å²) in [5.74, 6) is -1.64. The normalized spacial score (nSPS) is 17.6. The number of aromatic hydroxyl groups is 1. The molecule has 3 rings (SSSR count). The SMILES string of the molecule is CCCN1C(=O)C(O)=C(C(=O)c2ccco2)C1c1cccc(O)c1. The fourth-order valence-corrected chi connectivity index (χ4v) is 2.94. The van der Waals surface area contributed by atoms with Gasteiger partial charge in [-0.25, -0.2) is 0 Å². The molecular weight excluding hydrogens is 310 g/mol. The summed E-state index contributed by atoms with van der Waals surface area (Å²) >= 11 is 0. The van der Waals surface area contributed by atoms with E-state index in [1.54, 1.807) is 18.2 Å². The van der Waals surface area contributed by atoms with Crippen molar-refractivity contribution in [1.82, 2.24) is 4.90 Å². The Morgan fingerprint density at radius 2 is 2.04 bits per heavy atom. The number of furan rings is 1. The number of rotatable bonds is 5. The highest BCUT2D eigenvalue weighted by atomic mass is 16.3. The van der Waals surface area contributed by atoms with Gasteiger partial charge in [0, 0.05) is 6.54 Å². The lowest BCUT2D eigenvalue weighted by atomic mass is 9.95. The molecule has 1 unspecified atom stereocenters. The lowest BCUT2D eigenvalue weighted by molar-refractivity contribution is -0.129. The standard InChI is InChI=1S/C18H17NO5/c1-2-8-19-15(11-5-3-6-12(20)10-11)14(17(22)18(19)23)16(21)13-7-4-9-24-13/h3-7,9-10,15,20,22H,2,8H2,1H3. The Balaban J connectivity index is 2.12. The van der Waals surface area contributed by atoms with Gasteiger partial charge in [0.25, 0.3) is 5.91 Å². The molecule has 0 fully saturated rings. The first-order valence-electron chi connectivity index (χ1n) is 7.65. The number of benzene rings is 1. The Hall–Kier alpha value is -3.02. The largest absolute Gasteiger partial charge is 0.508 e. The van der Waals surface area contributed by atoms with Crippen molar-refractivity contribution in [2.24, 2.45) is 0 Å². The van der Waals surface area contributed by atoms with Gasteiger partial charge in [-0.2, -0.15) is 0 Å². The smallest absolute Gasteiger partial charge is 0.290 e. The molecule has 0 bridgehead atoms. The molecule has 2 aromatic rings. The minimum atomic E-state index is -0.762. The third-order valence-electron chi connectivity index (χ3n) is 3.94. The molecule has 124 valence electrons. The summed E-state index contributed by atoms with van der Waals surface area (Å²) < 4.78 is 5.12. The van der Waals surface area contributed by atoms with E-state index < -0.39 is 23.5 Å². The average Bonchev–Trinajstić information content (AvgIpc) is 3.17.